The Bertz CT molecular complexity index is 778. The Hall–Kier alpha value is -1.03. The Balaban J connectivity index is 2.07. The van der Waals surface area contributed by atoms with Gasteiger partial charge in [0.2, 0.25) is 0 Å². The lowest BCUT2D eigenvalue weighted by Crippen LogP contribution is -1.98. The second kappa shape index (κ2) is 5.40. The maximum atomic E-state index is 13.4. The fourth-order valence-electron chi connectivity index (χ4n) is 2.26. The smallest absolute Gasteiger partial charge is 0.124 e. The van der Waals surface area contributed by atoms with E-state index in [2.05, 4.69) is 15.9 Å². The number of benzene rings is 2. The monoisotopic (exact) mass is 371 g/mol. The molecule has 1 nitrogen and oxygen atoms in total. The van der Waals surface area contributed by atoms with Crippen LogP contribution in [-0.4, -0.2) is 4.57 Å². The first-order valence-corrected chi connectivity index (χ1v) is 7.47. The summed E-state index contributed by atoms with van der Waals surface area (Å²) in [4.78, 5) is 0. The maximum Gasteiger partial charge on any atom is 0.124 e. The van der Waals surface area contributed by atoms with E-state index in [1.165, 1.54) is 12.1 Å². The summed E-state index contributed by atoms with van der Waals surface area (Å²) < 4.78 is 16.1. The Morgan fingerprint density at radius 1 is 1.10 bits per heavy atom. The van der Waals surface area contributed by atoms with Gasteiger partial charge in [-0.25, -0.2) is 4.39 Å². The average Bonchev–Trinajstić information content (AvgIpc) is 2.71. The van der Waals surface area contributed by atoms with Crippen molar-refractivity contribution in [1.82, 2.24) is 4.57 Å². The van der Waals surface area contributed by atoms with Gasteiger partial charge in [0.15, 0.2) is 0 Å². The first-order chi connectivity index (χ1) is 9.52. The summed E-state index contributed by atoms with van der Waals surface area (Å²) in [6.45, 7) is 0.552. The van der Waals surface area contributed by atoms with Crippen molar-refractivity contribution in [2.24, 2.45) is 0 Å². The Labute approximate surface area is 134 Å². The number of rotatable bonds is 2. The quantitative estimate of drug-likeness (QED) is 0.527. The van der Waals surface area contributed by atoms with Gasteiger partial charge in [0.05, 0.1) is 10.5 Å². The molecule has 2 aromatic carbocycles. The Kier molecular flexibility index (Phi) is 3.76. The number of hydrogen-bond donors (Lipinski definition) is 0. The molecule has 0 spiro atoms. The van der Waals surface area contributed by atoms with E-state index in [4.69, 9.17) is 23.2 Å². The van der Waals surface area contributed by atoms with Crippen molar-refractivity contribution < 1.29 is 4.39 Å². The van der Waals surface area contributed by atoms with Crippen molar-refractivity contribution in [3.8, 4) is 0 Å². The zero-order valence-corrected chi connectivity index (χ0v) is 13.3. The number of hydrogen-bond acceptors (Lipinski definition) is 0. The van der Waals surface area contributed by atoms with Crippen LogP contribution in [0.1, 0.15) is 5.56 Å². The van der Waals surface area contributed by atoms with Crippen LogP contribution in [0.5, 0.6) is 0 Å². The highest BCUT2D eigenvalue weighted by molar-refractivity contribution is 9.10. The lowest BCUT2D eigenvalue weighted by Gasteiger charge is -2.07. The molecular weight excluding hydrogens is 364 g/mol. The van der Waals surface area contributed by atoms with E-state index in [0.29, 0.717) is 16.6 Å². The topological polar surface area (TPSA) is 4.93 Å². The molecule has 3 aromatic rings. The molecule has 1 heterocycles. The molecule has 20 heavy (non-hydrogen) atoms. The minimum Gasteiger partial charge on any atom is -0.343 e. The van der Waals surface area contributed by atoms with Gasteiger partial charge in [-0.3, -0.25) is 0 Å². The van der Waals surface area contributed by atoms with E-state index < -0.39 is 0 Å². The molecule has 3 rings (SSSR count). The molecule has 5 heteroatoms. The molecule has 0 aliphatic carbocycles. The zero-order valence-electron chi connectivity index (χ0n) is 10.2. The van der Waals surface area contributed by atoms with Gasteiger partial charge in [-0.2, -0.15) is 0 Å². The molecule has 0 amide bonds. The van der Waals surface area contributed by atoms with E-state index in [9.17, 15) is 4.39 Å². The molecule has 0 N–H and O–H groups in total. The minimum atomic E-state index is -0.262. The standard InChI is InChI=1S/C15H9BrCl2FN/c16-10-3-9(4-12(19)5-10)8-20-2-1-13-14(18)6-11(17)7-15(13)20/h1-7H,8H2. The maximum absolute atomic E-state index is 13.4. The first kappa shape index (κ1) is 13.9. The van der Waals surface area contributed by atoms with Crippen molar-refractivity contribution in [2.75, 3.05) is 0 Å². The SMILES string of the molecule is Fc1cc(Br)cc(Cn2ccc3c(Cl)cc(Cl)cc32)c1. The summed E-state index contributed by atoms with van der Waals surface area (Å²) in [6.07, 6.45) is 1.92. The molecule has 0 unspecified atom stereocenters. The third-order valence-corrected chi connectivity index (χ3v) is 4.07. The van der Waals surface area contributed by atoms with Crippen molar-refractivity contribution in [1.29, 1.82) is 0 Å². The van der Waals surface area contributed by atoms with Gasteiger partial charge in [-0.05, 0) is 42.0 Å². The van der Waals surface area contributed by atoms with Crippen molar-refractivity contribution in [3.63, 3.8) is 0 Å². The molecule has 1 aromatic heterocycles. The molecule has 102 valence electrons. The second-order valence-corrected chi connectivity index (χ2v) is 6.30. The van der Waals surface area contributed by atoms with Gasteiger partial charge in [-0.1, -0.05) is 39.1 Å². The van der Waals surface area contributed by atoms with Crippen LogP contribution in [0.25, 0.3) is 10.9 Å². The molecule has 0 saturated carbocycles. The molecular formula is C15H9BrCl2FN. The number of fused-ring (bicyclic) bond motifs is 1. The lowest BCUT2D eigenvalue weighted by molar-refractivity contribution is 0.623. The highest BCUT2D eigenvalue weighted by Gasteiger charge is 2.08. The van der Waals surface area contributed by atoms with Crippen LogP contribution >= 0.6 is 39.1 Å². The summed E-state index contributed by atoms with van der Waals surface area (Å²) in [7, 11) is 0. The minimum absolute atomic E-state index is 0.262. The molecule has 0 aliphatic heterocycles. The molecule has 0 atom stereocenters. The number of nitrogens with zero attached hydrogens (tertiary/aromatic N) is 1. The summed E-state index contributed by atoms with van der Waals surface area (Å²) in [5.74, 6) is -0.262. The largest absolute Gasteiger partial charge is 0.343 e. The van der Waals surface area contributed by atoms with Crippen LogP contribution in [-0.2, 0) is 6.54 Å². The molecule has 0 aliphatic rings. The van der Waals surface area contributed by atoms with Crippen LogP contribution in [0.15, 0.2) is 47.1 Å². The summed E-state index contributed by atoms with van der Waals surface area (Å²) in [5.41, 5.74) is 1.80. The average molecular weight is 373 g/mol. The van der Waals surface area contributed by atoms with E-state index in [1.807, 2.05) is 29.0 Å². The van der Waals surface area contributed by atoms with Crippen LogP contribution in [0, 0.1) is 5.82 Å². The molecule has 0 bridgehead atoms. The van der Waals surface area contributed by atoms with Crippen LogP contribution in [0.4, 0.5) is 4.39 Å². The number of aromatic nitrogens is 1. The zero-order chi connectivity index (χ0) is 14.3. The molecule has 0 radical (unpaired) electrons. The van der Waals surface area contributed by atoms with E-state index in [0.717, 1.165) is 20.9 Å². The highest BCUT2D eigenvalue weighted by atomic mass is 79.9. The third-order valence-electron chi connectivity index (χ3n) is 3.08. The Morgan fingerprint density at radius 3 is 2.65 bits per heavy atom. The Morgan fingerprint density at radius 2 is 1.90 bits per heavy atom. The van der Waals surface area contributed by atoms with Crippen LogP contribution in [0.2, 0.25) is 10.0 Å². The predicted molar refractivity (Wildman–Crippen MR) is 85.2 cm³/mol. The van der Waals surface area contributed by atoms with Crippen molar-refractivity contribution in [3.05, 3.63) is 68.5 Å². The fourth-order valence-corrected chi connectivity index (χ4v) is 3.31. The summed E-state index contributed by atoms with van der Waals surface area (Å²) in [6, 6.07) is 10.4. The van der Waals surface area contributed by atoms with Crippen LogP contribution < -0.4 is 0 Å². The van der Waals surface area contributed by atoms with Crippen molar-refractivity contribution in [2.45, 2.75) is 6.54 Å². The van der Waals surface area contributed by atoms with Gasteiger partial charge < -0.3 is 4.57 Å². The third kappa shape index (κ3) is 2.71. The predicted octanol–water partition coefficient (Wildman–Crippen LogP) is 5.90. The molecule has 0 saturated heterocycles. The lowest BCUT2D eigenvalue weighted by atomic mass is 10.2. The van der Waals surface area contributed by atoms with Gasteiger partial charge >= 0.3 is 0 Å². The van der Waals surface area contributed by atoms with Gasteiger partial charge in [0.25, 0.3) is 0 Å². The number of halogens is 4. The summed E-state index contributed by atoms with van der Waals surface area (Å²) >= 11 is 15.5. The van der Waals surface area contributed by atoms with E-state index >= 15 is 0 Å². The fraction of sp³-hybridized carbons (Fsp3) is 0.0667. The second-order valence-electron chi connectivity index (χ2n) is 4.54. The summed E-state index contributed by atoms with van der Waals surface area (Å²) in [5, 5.41) is 2.14. The van der Waals surface area contributed by atoms with Gasteiger partial charge in [0, 0.05) is 27.6 Å². The molecule has 0 fully saturated rings. The first-order valence-electron chi connectivity index (χ1n) is 5.92. The normalized spacial score (nSPS) is 11.2. The highest BCUT2D eigenvalue weighted by Crippen LogP contribution is 2.29. The van der Waals surface area contributed by atoms with Gasteiger partial charge in [0.1, 0.15) is 5.82 Å². The van der Waals surface area contributed by atoms with Gasteiger partial charge in [-0.15, -0.1) is 0 Å². The van der Waals surface area contributed by atoms with Crippen molar-refractivity contribution >= 4 is 50.0 Å². The van der Waals surface area contributed by atoms with E-state index in [1.54, 1.807) is 6.07 Å². The van der Waals surface area contributed by atoms with E-state index in [-0.39, 0.29) is 5.82 Å². The van der Waals surface area contributed by atoms with Crippen LogP contribution in [0.3, 0.4) is 0 Å².